The lowest BCUT2D eigenvalue weighted by molar-refractivity contribution is -0.116. The zero-order valence-corrected chi connectivity index (χ0v) is 14.7. The van der Waals surface area contributed by atoms with E-state index in [1.807, 2.05) is 19.2 Å². The molecule has 0 aliphatic carbocycles. The predicted molar refractivity (Wildman–Crippen MR) is 91.6 cm³/mol. The van der Waals surface area contributed by atoms with E-state index >= 15 is 0 Å². The van der Waals surface area contributed by atoms with E-state index in [4.69, 9.17) is 4.74 Å². The van der Waals surface area contributed by atoms with Gasteiger partial charge in [0.25, 0.3) is 0 Å². The van der Waals surface area contributed by atoms with Crippen LogP contribution in [-0.2, 0) is 9.53 Å². The van der Waals surface area contributed by atoms with Crippen molar-refractivity contribution in [2.75, 3.05) is 12.4 Å². The maximum absolute atomic E-state index is 12.1. The number of ether oxygens (including phenoxy) is 1. The molecular formula is C16H17NO4S2. The Hall–Kier alpha value is -1.99. The summed E-state index contributed by atoms with van der Waals surface area (Å²) in [7, 11) is 1.31. The Morgan fingerprint density at radius 3 is 2.57 bits per heavy atom. The third-order valence-electron chi connectivity index (χ3n) is 3.40. The quantitative estimate of drug-likeness (QED) is 0.634. The number of anilines is 1. The van der Waals surface area contributed by atoms with Gasteiger partial charge in [0.15, 0.2) is 5.78 Å². The molecule has 0 bridgehead atoms. The van der Waals surface area contributed by atoms with Crippen LogP contribution in [0.4, 0.5) is 5.00 Å². The molecule has 1 amide bonds. The zero-order chi connectivity index (χ0) is 17.0. The lowest BCUT2D eigenvalue weighted by Crippen LogP contribution is -2.15. The normalized spacial score (nSPS) is 10.4. The summed E-state index contributed by atoms with van der Waals surface area (Å²) < 4.78 is 4.76. The third kappa shape index (κ3) is 4.05. The van der Waals surface area contributed by atoms with Gasteiger partial charge >= 0.3 is 5.97 Å². The van der Waals surface area contributed by atoms with Crippen LogP contribution in [0.2, 0.25) is 0 Å². The molecule has 23 heavy (non-hydrogen) atoms. The van der Waals surface area contributed by atoms with Gasteiger partial charge in [0, 0.05) is 17.7 Å². The highest BCUT2D eigenvalue weighted by atomic mass is 32.1. The molecule has 2 aromatic rings. The molecule has 2 aromatic heterocycles. The molecule has 0 atom stereocenters. The van der Waals surface area contributed by atoms with Crippen molar-refractivity contribution in [1.82, 2.24) is 0 Å². The van der Waals surface area contributed by atoms with E-state index in [1.54, 1.807) is 12.1 Å². The van der Waals surface area contributed by atoms with Crippen LogP contribution in [0.3, 0.4) is 0 Å². The van der Waals surface area contributed by atoms with Crippen LogP contribution >= 0.6 is 22.7 Å². The molecule has 5 nitrogen and oxygen atoms in total. The highest BCUT2D eigenvalue weighted by Crippen LogP contribution is 2.33. The van der Waals surface area contributed by atoms with Crippen molar-refractivity contribution in [3.8, 4) is 0 Å². The highest BCUT2D eigenvalue weighted by molar-refractivity contribution is 7.16. The molecule has 0 saturated heterocycles. The van der Waals surface area contributed by atoms with E-state index in [-0.39, 0.29) is 24.5 Å². The second-order valence-corrected chi connectivity index (χ2v) is 7.10. The Morgan fingerprint density at radius 2 is 1.96 bits per heavy atom. The first-order chi connectivity index (χ1) is 10.9. The van der Waals surface area contributed by atoms with Crippen molar-refractivity contribution in [3.05, 3.63) is 38.4 Å². The number of carbonyl (C=O) groups is 3. The fraction of sp³-hybridized carbons (Fsp3) is 0.312. The maximum atomic E-state index is 12.1. The molecule has 0 saturated carbocycles. The number of Topliss-reactive ketones (excluding diaryl/α,β-unsaturated/α-hetero) is 1. The van der Waals surface area contributed by atoms with Gasteiger partial charge in [-0.05, 0) is 30.9 Å². The lowest BCUT2D eigenvalue weighted by Gasteiger charge is -2.05. The van der Waals surface area contributed by atoms with Crippen molar-refractivity contribution in [3.63, 3.8) is 0 Å². The maximum Gasteiger partial charge on any atom is 0.341 e. The smallest absolute Gasteiger partial charge is 0.341 e. The van der Waals surface area contributed by atoms with Crippen LogP contribution in [0.1, 0.15) is 43.3 Å². The molecule has 0 radical (unpaired) electrons. The number of amides is 1. The standard InChI is InChI=1S/C16H17NO4S2/c1-9-10(2)23-15(14(9)16(20)21-3)17-13(19)7-6-11(18)12-5-4-8-22-12/h4-5,8H,6-7H2,1-3H3,(H,17,19). The van der Waals surface area contributed by atoms with E-state index in [2.05, 4.69) is 5.32 Å². The Bertz CT molecular complexity index is 732. The Kier molecular flexibility index (Phi) is 5.68. The SMILES string of the molecule is COC(=O)c1c(NC(=O)CCC(=O)c2cccs2)sc(C)c1C. The van der Waals surface area contributed by atoms with E-state index in [0.29, 0.717) is 15.4 Å². The molecule has 7 heteroatoms. The Labute approximate surface area is 142 Å². The van der Waals surface area contributed by atoms with Crippen molar-refractivity contribution in [1.29, 1.82) is 0 Å². The molecule has 0 fully saturated rings. The summed E-state index contributed by atoms with van der Waals surface area (Å²) in [6.45, 7) is 3.69. The molecule has 122 valence electrons. The molecule has 0 aromatic carbocycles. The van der Waals surface area contributed by atoms with E-state index < -0.39 is 5.97 Å². The largest absolute Gasteiger partial charge is 0.465 e. The van der Waals surface area contributed by atoms with E-state index in [0.717, 1.165) is 10.4 Å². The summed E-state index contributed by atoms with van der Waals surface area (Å²) in [5.41, 5.74) is 1.18. The molecule has 1 N–H and O–H groups in total. The van der Waals surface area contributed by atoms with Gasteiger partial charge in [-0.25, -0.2) is 4.79 Å². The van der Waals surface area contributed by atoms with E-state index in [9.17, 15) is 14.4 Å². The summed E-state index contributed by atoms with van der Waals surface area (Å²) in [5.74, 6) is -0.819. The summed E-state index contributed by atoms with van der Waals surface area (Å²) >= 11 is 2.69. The lowest BCUT2D eigenvalue weighted by atomic mass is 10.1. The first-order valence-corrected chi connectivity index (χ1v) is 8.68. The zero-order valence-electron chi connectivity index (χ0n) is 13.1. The number of esters is 1. The number of nitrogens with one attached hydrogen (secondary N) is 1. The number of thiophene rings is 2. The van der Waals surface area contributed by atoms with Crippen LogP contribution in [0.15, 0.2) is 17.5 Å². The predicted octanol–water partition coefficient (Wildman–Crippen LogP) is 3.81. The van der Waals surface area contributed by atoms with Gasteiger partial charge in [0.05, 0.1) is 17.6 Å². The Balaban J connectivity index is 2.02. The average Bonchev–Trinajstić information content (AvgIpc) is 3.14. The fourth-order valence-corrected chi connectivity index (χ4v) is 3.80. The van der Waals surface area contributed by atoms with Crippen LogP contribution in [-0.4, -0.2) is 24.8 Å². The molecular weight excluding hydrogens is 334 g/mol. The van der Waals surface area contributed by atoms with Crippen molar-refractivity contribution >= 4 is 45.3 Å². The van der Waals surface area contributed by atoms with Crippen LogP contribution in [0.25, 0.3) is 0 Å². The average molecular weight is 351 g/mol. The van der Waals surface area contributed by atoms with Crippen LogP contribution in [0, 0.1) is 13.8 Å². The van der Waals surface area contributed by atoms with Gasteiger partial charge in [-0.2, -0.15) is 0 Å². The molecule has 2 heterocycles. The summed E-state index contributed by atoms with van der Waals surface area (Å²) in [4.78, 5) is 37.4. The summed E-state index contributed by atoms with van der Waals surface area (Å²) in [5, 5.41) is 5.02. The third-order valence-corrected chi connectivity index (χ3v) is 5.44. The fourth-order valence-electron chi connectivity index (χ4n) is 2.04. The van der Waals surface area contributed by atoms with Gasteiger partial charge in [0.1, 0.15) is 5.00 Å². The minimum absolute atomic E-state index is 0.0538. The van der Waals surface area contributed by atoms with Gasteiger partial charge in [0.2, 0.25) is 5.91 Å². The second-order valence-electron chi connectivity index (χ2n) is 4.93. The first-order valence-electron chi connectivity index (χ1n) is 6.99. The number of methoxy groups -OCH3 is 1. The number of hydrogen-bond acceptors (Lipinski definition) is 6. The summed E-state index contributed by atoms with van der Waals surface area (Å²) in [6, 6.07) is 3.55. The number of rotatable bonds is 6. The van der Waals surface area contributed by atoms with Gasteiger partial charge in [-0.15, -0.1) is 22.7 Å². The first kappa shape index (κ1) is 17.4. The number of carbonyl (C=O) groups excluding carboxylic acids is 3. The number of aryl methyl sites for hydroxylation is 1. The molecule has 0 unspecified atom stereocenters. The minimum atomic E-state index is -0.475. The number of ketones is 1. The minimum Gasteiger partial charge on any atom is -0.465 e. The molecule has 0 aliphatic rings. The van der Waals surface area contributed by atoms with E-state index in [1.165, 1.54) is 29.8 Å². The van der Waals surface area contributed by atoms with Gasteiger partial charge < -0.3 is 10.1 Å². The number of hydrogen-bond donors (Lipinski definition) is 1. The van der Waals surface area contributed by atoms with Crippen LogP contribution in [0.5, 0.6) is 0 Å². The topological polar surface area (TPSA) is 72.5 Å². The van der Waals surface area contributed by atoms with Gasteiger partial charge in [-0.1, -0.05) is 6.07 Å². The Morgan fingerprint density at radius 1 is 1.22 bits per heavy atom. The molecule has 0 aliphatic heterocycles. The van der Waals surface area contributed by atoms with Crippen LogP contribution < -0.4 is 5.32 Å². The van der Waals surface area contributed by atoms with Crippen molar-refractivity contribution < 1.29 is 19.1 Å². The van der Waals surface area contributed by atoms with Gasteiger partial charge in [-0.3, -0.25) is 9.59 Å². The van der Waals surface area contributed by atoms with Crippen molar-refractivity contribution in [2.45, 2.75) is 26.7 Å². The van der Waals surface area contributed by atoms with Crippen molar-refractivity contribution in [2.24, 2.45) is 0 Å². The highest BCUT2D eigenvalue weighted by Gasteiger charge is 2.21. The molecule has 2 rings (SSSR count). The molecule has 0 spiro atoms. The monoisotopic (exact) mass is 351 g/mol. The second kappa shape index (κ2) is 7.52. The summed E-state index contributed by atoms with van der Waals surface area (Å²) in [6.07, 6.45) is 0.219.